The van der Waals surface area contributed by atoms with Crippen LogP contribution in [-0.2, 0) is 26.2 Å². The zero-order valence-electron chi connectivity index (χ0n) is 15.5. The second-order valence-electron chi connectivity index (χ2n) is 4.66. The van der Waals surface area contributed by atoms with E-state index in [9.17, 15) is 0 Å². The Balaban J connectivity index is -0.000000384. The summed E-state index contributed by atoms with van der Waals surface area (Å²) in [4.78, 5) is 4.49. The van der Waals surface area contributed by atoms with E-state index in [0.29, 0.717) is 30.4 Å². The van der Waals surface area contributed by atoms with Crippen LogP contribution in [0, 0.1) is 0 Å². The largest absolute Gasteiger partial charge is 2.00 e. The van der Waals surface area contributed by atoms with Crippen LogP contribution < -0.4 is 35.4 Å². The van der Waals surface area contributed by atoms with E-state index in [-0.39, 0.29) is 51.0 Å². The third-order valence-electron chi connectivity index (χ3n) is 2.74. The average molecular weight is 540 g/mol. The molecular weight excluding hydrogens is 518 g/mol. The molecule has 0 amide bonds. The third kappa shape index (κ3) is 19.9. The molecule has 0 aliphatic carbocycles. The molecule has 0 bridgehead atoms. The van der Waals surface area contributed by atoms with Crippen LogP contribution in [0.5, 0.6) is 0 Å². The standard InChI is InChI=1S/2C9H8P.2CH3.2Al.2ClH.Zr/c2*1-2-8-10-9-6-4-3-5-7-9;;;;;;;/h2*1-8H;2*1H3;;;2*1H;/q;;;;;;;;+2/p-2. The van der Waals surface area contributed by atoms with E-state index in [4.69, 9.17) is 0 Å². The molecule has 0 saturated heterocycles. The maximum atomic E-state index is 2.25. The molecule has 136 valence electrons. The van der Waals surface area contributed by atoms with Crippen LogP contribution in [0.1, 0.15) is 0 Å². The Morgan fingerprint density at radius 2 is 0.963 bits per heavy atom. The molecule has 0 N–H and O–H groups in total. The van der Waals surface area contributed by atoms with E-state index in [0.717, 1.165) is 0 Å². The molecule has 0 spiro atoms. The minimum absolute atomic E-state index is 0. The Hall–Kier alpha value is 0.788. The number of rotatable bonds is 6. The molecule has 0 fully saturated rings. The second kappa shape index (κ2) is 24.8. The van der Waals surface area contributed by atoms with Gasteiger partial charge in [-0.1, -0.05) is 89.2 Å². The fourth-order valence-electron chi connectivity index (χ4n) is 1.61. The Morgan fingerprint density at radius 3 is 1.26 bits per heavy atom. The first-order valence-electron chi connectivity index (χ1n) is 7.94. The molecule has 2 radical (unpaired) electrons. The van der Waals surface area contributed by atoms with Gasteiger partial charge in [-0.3, -0.25) is 0 Å². The monoisotopic (exact) mass is 538 g/mol. The van der Waals surface area contributed by atoms with Crippen LogP contribution in [-0.4, -0.2) is 42.0 Å². The normalized spacial score (nSPS) is 9.85. The first-order chi connectivity index (χ1) is 11.9. The second-order valence-corrected chi connectivity index (χ2v) is 8.91. The van der Waals surface area contributed by atoms with Gasteiger partial charge in [0.25, 0.3) is 0 Å². The fraction of sp³-hybridized carbons (Fsp3) is 0.100. The van der Waals surface area contributed by atoms with Crippen LogP contribution in [0.4, 0.5) is 0 Å². The molecule has 0 saturated carbocycles. The predicted octanol–water partition coefficient (Wildman–Crippen LogP) is -1.34. The fourth-order valence-corrected chi connectivity index (χ4v) is 4.05. The van der Waals surface area contributed by atoms with Gasteiger partial charge >= 0.3 is 26.2 Å². The summed E-state index contributed by atoms with van der Waals surface area (Å²) < 4.78 is 0. The maximum absolute atomic E-state index is 2.25. The molecule has 0 aromatic heterocycles. The van der Waals surface area contributed by atoms with Crippen molar-refractivity contribution in [1.82, 2.24) is 0 Å². The Morgan fingerprint density at radius 1 is 0.630 bits per heavy atom. The minimum Gasteiger partial charge on any atom is -1.00 e. The summed E-state index contributed by atoms with van der Waals surface area (Å²) >= 11 is 1.01. The van der Waals surface area contributed by atoms with Crippen molar-refractivity contribution in [1.29, 1.82) is 0 Å². The summed E-state index contributed by atoms with van der Waals surface area (Å²) in [5, 5.41) is 2.71. The van der Waals surface area contributed by atoms with Crippen LogP contribution in [0.3, 0.4) is 0 Å². The van der Waals surface area contributed by atoms with Gasteiger partial charge in [0.1, 0.15) is 0 Å². The molecule has 7 heteroatoms. The molecule has 2 aromatic rings. The van der Waals surface area contributed by atoms with E-state index in [1.165, 1.54) is 27.0 Å². The predicted molar refractivity (Wildman–Crippen MR) is 120 cm³/mol. The Bertz CT molecular complexity index is 605. The topological polar surface area (TPSA) is 0 Å². The molecule has 0 atom stereocenters. The van der Waals surface area contributed by atoms with Gasteiger partial charge in [-0.15, -0.1) is 11.6 Å². The Labute approximate surface area is 212 Å². The molecule has 2 aromatic carbocycles. The van der Waals surface area contributed by atoms with Gasteiger partial charge < -0.3 is 24.8 Å². The van der Waals surface area contributed by atoms with Gasteiger partial charge in [0.05, 0.1) is 0 Å². The molecule has 0 aliphatic rings. The smallest absolute Gasteiger partial charge is 1.00 e. The van der Waals surface area contributed by atoms with Gasteiger partial charge in [-0.05, 0) is 11.6 Å². The number of benzene rings is 2. The Kier molecular flexibility index (Phi) is 29.8. The number of hydrogen-bond acceptors (Lipinski definition) is 0. The van der Waals surface area contributed by atoms with E-state index >= 15 is 0 Å². The number of hydrogen-bond donors (Lipinski definition) is 0. The van der Waals surface area contributed by atoms with E-state index in [1.54, 1.807) is 0 Å². The van der Waals surface area contributed by atoms with Gasteiger partial charge in [0.15, 0.2) is 0 Å². The minimum atomic E-state index is 0. The van der Waals surface area contributed by atoms with Crippen molar-refractivity contribution in [3.63, 3.8) is 0 Å². The van der Waals surface area contributed by atoms with Crippen LogP contribution >= 0.6 is 16.4 Å². The summed E-state index contributed by atoms with van der Waals surface area (Å²) in [6, 6.07) is 21.0. The van der Waals surface area contributed by atoms with Crippen molar-refractivity contribution >= 4 is 69.0 Å². The number of allylic oxidation sites excluding steroid dienone is 2. The van der Waals surface area contributed by atoms with Crippen molar-refractivity contribution in [2.75, 3.05) is 0 Å². The maximum Gasteiger partial charge on any atom is 2.00 e. The van der Waals surface area contributed by atoms with Crippen molar-refractivity contribution in [2.45, 2.75) is 11.6 Å². The van der Waals surface area contributed by atoms with E-state index in [1.807, 2.05) is 12.1 Å². The average Bonchev–Trinajstić information content (AvgIpc) is 2.65. The summed E-state index contributed by atoms with van der Waals surface area (Å²) in [5.41, 5.74) is 0. The molecule has 27 heavy (non-hydrogen) atoms. The van der Waals surface area contributed by atoms with Gasteiger partial charge in [-0.2, -0.15) is 9.88 Å². The summed E-state index contributed by atoms with van der Waals surface area (Å²) in [7, 11) is 2.58. The van der Waals surface area contributed by atoms with Gasteiger partial charge in [0, 0.05) is 10.6 Å². The van der Waals surface area contributed by atoms with Crippen molar-refractivity contribution in [2.24, 2.45) is 0 Å². The molecular formula is C20H22Al2Cl2P2Zr. The van der Waals surface area contributed by atoms with Crippen molar-refractivity contribution in [3.05, 3.63) is 82.7 Å². The molecule has 0 unspecified atom stereocenters. The molecule has 0 nitrogen and oxygen atoms in total. The zero-order chi connectivity index (χ0) is 17.3. The SMILES string of the molecule is [CH3][Al][CH]=CC=Pc1ccccc1.[CH3][Al][CH]=CC=Pc1ccccc1.[Cl-].[Cl-].[Zr+2]. The quantitative estimate of drug-likeness (QED) is 0.315. The van der Waals surface area contributed by atoms with Crippen LogP contribution in [0.15, 0.2) is 82.7 Å². The van der Waals surface area contributed by atoms with Crippen LogP contribution in [0.2, 0.25) is 11.6 Å². The first kappa shape index (κ1) is 32.5. The van der Waals surface area contributed by atoms with Gasteiger partial charge in [-0.25, -0.2) is 0 Å². The van der Waals surface area contributed by atoms with E-state index < -0.39 is 0 Å². The summed E-state index contributed by atoms with van der Waals surface area (Å²) in [6.07, 6.45) is 4.31. The summed E-state index contributed by atoms with van der Waals surface area (Å²) in [5.74, 6) is 8.82. The zero-order valence-corrected chi connectivity index (χ0v) is 23.6. The molecule has 0 aliphatic heterocycles. The van der Waals surface area contributed by atoms with Gasteiger partial charge in [0.2, 0.25) is 30.4 Å². The first-order valence-corrected chi connectivity index (χ1v) is 13.5. The third-order valence-corrected chi connectivity index (χ3v) is 5.79. The number of halogens is 2. The summed E-state index contributed by atoms with van der Waals surface area (Å²) in [6.45, 7) is 0. The van der Waals surface area contributed by atoms with Crippen molar-refractivity contribution < 1.29 is 51.0 Å². The molecule has 0 heterocycles. The molecule has 2 rings (SSSR count). The van der Waals surface area contributed by atoms with Crippen LogP contribution in [0.25, 0.3) is 0 Å². The van der Waals surface area contributed by atoms with Crippen molar-refractivity contribution in [3.8, 4) is 0 Å². The van der Waals surface area contributed by atoms with E-state index in [2.05, 4.69) is 93.7 Å².